The van der Waals surface area contributed by atoms with Gasteiger partial charge in [0.25, 0.3) is 0 Å². The Balaban J connectivity index is 1.73. The van der Waals surface area contributed by atoms with E-state index in [2.05, 4.69) is 10.2 Å². The van der Waals surface area contributed by atoms with Crippen LogP contribution in [0.2, 0.25) is 0 Å². The fourth-order valence-corrected chi connectivity index (χ4v) is 5.71. The summed E-state index contributed by atoms with van der Waals surface area (Å²) in [6, 6.07) is 1.73. The molecule has 9 heteroatoms. The van der Waals surface area contributed by atoms with Gasteiger partial charge in [-0.1, -0.05) is 0 Å². The fourth-order valence-electron chi connectivity index (χ4n) is 5.71. The molecule has 1 aromatic rings. The molecular weight excluding hydrogens is 479 g/mol. The standard InChI is InChI=1S/C27H41F5N2O2/c1-3-35-12-5-13-36-26(23-15-21(28)16-24(29)25(23)30)20-6-4-11-34(18-20)22(17-33-2)14-19-7-9-27(31,32)10-8-19/h15-16,19-20,22,26,33H,3-14,17-18H2,1-2H3/t20-,22?,26-/m1/s1. The highest BCUT2D eigenvalue weighted by Gasteiger charge is 2.38. The predicted molar refractivity (Wildman–Crippen MR) is 130 cm³/mol. The van der Waals surface area contributed by atoms with Gasteiger partial charge in [-0.05, 0) is 71.0 Å². The van der Waals surface area contributed by atoms with Crippen molar-refractivity contribution in [1.29, 1.82) is 0 Å². The Morgan fingerprint density at radius 2 is 1.86 bits per heavy atom. The second-order valence-electron chi connectivity index (χ2n) is 10.3. The molecule has 3 rings (SSSR count). The Morgan fingerprint density at radius 3 is 2.56 bits per heavy atom. The number of alkyl halides is 2. The maximum Gasteiger partial charge on any atom is 0.248 e. The second kappa shape index (κ2) is 14.0. The third-order valence-electron chi connectivity index (χ3n) is 7.58. The molecule has 3 atom stereocenters. The Morgan fingerprint density at radius 1 is 1.11 bits per heavy atom. The molecule has 4 nitrogen and oxygen atoms in total. The minimum absolute atomic E-state index is 0.0609. The largest absolute Gasteiger partial charge is 0.382 e. The van der Waals surface area contributed by atoms with Gasteiger partial charge in [0.2, 0.25) is 5.92 Å². The number of hydrogen-bond donors (Lipinski definition) is 1. The minimum Gasteiger partial charge on any atom is -0.382 e. The molecule has 1 saturated carbocycles. The highest BCUT2D eigenvalue weighted by atomic mass is 19.3. The Hall–Kier alpha value is -1.29. The van der Waals surface area contributed by atoms with Crippen LogP contribution in [0.25, 0.3) is 0 Å². The summed E-state index contributed by atoms with van der Waals surface area (Å²) in [5.74, 6) is -5.59. The van der Waals surface area contributed by atoms with Crippen LogP contribution in [0.5, 0.6) is 0 Å². The molecule has 2 fully saturated rings. The SMILES string of the molecule is CCOCCCO[C@@H](c1cc(F)cc(F)c1F)[C@@H]1CCCN(C(CNC)CC2CCC(F)(F)CC2)C1. The van der Waals surface area contributed by atoms with Crippen LogP contribution in [0.4, 0.5) is 22.0 Å². The maximum absolute atomic E-state index is 14.8. The molecule has 2 aliphatic rings. The van der Waals surface area contributed by atoms with Crippen molar-refractivity contribution in [3.8, 4) is 0 Å². The lowest BCUT2D eigenvalue weighted by Gasteiger charge is -2.42. The van der Waals surface area contributed by atoms with Crippen LogP contribution in [-0.4, -0.2) is 63.4 Å². The summed E-state index contributed by atoms with van der Waals surface area (Å²) in [5, 5.41) is 3.23. The zero-order valence-electron chi connectivity index (χ0n) is 21.5. The normalized spacial score (nSPS) is 23.0. The van der Waals surface area contributed by atoms with Gasteiger partial charge in [0, 0.05) is 69.3 Å². The number of nitrogens with zero attached hydrogens (tertiary/aromatic N) is 1. The highest BCUT2D eigenvalue weighted by molar-refractivity contribution is 5.23. The number of nitrogens with one attached hydrogen (secondary N) is 1. The molecule has 1 saturated heterocycles. The van der Waals surface area contributed by atoms with Gasteiger partial charge in [-0.3, -0.25) is 4.90 Å². The molecule has 0 spiro atoms. The zero-order valence-corrected chi connectivity index (χ0v) is 21.5. The van der Waals surface area contributed by atoms with Gasteiger partial charge in [-0.2, -0.15) is 0 Å². The summed E-state index contributed by atoms with van der Waals surface area (Å²) < 4.78 is 81.8. The quantitative estimate of drug-likeness (QED) is 0.194. The third kappa shape index (κ3) is 8.36. The molecule has 36 heavy (non-hydrogen) atoms. The first-order chi connectivity index (χ1) is 17.2. The van der Waals surface area contributed by atoms with E-state index in [1.165, 1.54) is 0 Å². The van der Waals surface area contributed by atoms with Gasteiger partial charge in [0.15, 0.2) is 11.6 Å². The molecule has 1 aromatic carbocycles. The molecule has 0 radical (unpaired) electrons. The number of piperidine rings is 1. The molecule has 1 aliphatic heterocycles. The van der Waals surface area contributed by atoms with E-state index in [0.29, 0.717) is 51.6 Å². The molecule has 1 aliphatic carbocycles. The van der Waals surface area contributed by atoms with Crippen LogP contribution in [0.15, 0.2) is 12.1 Å². The number of benzene rings is 1. The van der Waals surface area contributed by atoms with Crippen molar-refractivity contribution in [3.05, 3.63) is 35.1 Å². The third-order valence-corrected chi connectivity index (χ3v) is 7.58. The van der Waals surface area contributed by atoms with E-state index in [1.54, 1.807) is 0 Å². The van der Waals surface area contributed by atoms with Crippen LogP contribution in [0, 0.1) is 29.3 Å². The van der Waals surface area contributed by atoms with Gasteiger partial charge in [0.05, 0.1) is 6.10 Å². The van der Waals surface area contributed by atoms with Crippen LogP contribution >= 0.6 is 0 Å². The monoisotopic (exact) mass is 520 g/mol. The first kappa shape index (κ1) is 29.3. The van der Waals surface area contributed by atoms with E-state index in [1.807, 2.05) is 14.0 Å². The molecule has 1 heterocycles. The first-order valence-electron chi connectivity index (χ1n) is 13.3. The molecular formula is C27H41F5N2O2. The lowest BCUT2D eigenvalue weighted by atomic mass is 9.81. The topological polar surface area (TPSA) is 33.7 Å². The zero-order chi connectivity index (χ0) is 26.1. The number of rotatable bonds is 13. The van der Waals surface area contributed by atoms with Gasteiger partial charge in [-0.25, -0.2) is 22.0 Å². The van der Waals surface area contributed by atoms with E-state index < -0.39 is 29.5 Å². The van der Waals surface area contributed by atoms with Crippen molar-refractivity contribution < 1.29 is 31.4 Å². The number of likely N-dealkylation sites (tertiary alicyclic amines) is 1. The number of halogens is 5. The Bertz CT molecular complexity index is 803. The summed E-state index contributed by atoms with van der Waals surface area (Å²) in [6.45, 7) is 5.38. The van der Waals surface area contributed by atoms with E-state index in [4.69, 9.17) is 9.47 Å². The summed E-state index contributed by atoms with van der Waals surface area (Å²) >= 11 is 0. The van der Waals surface area contributed by atoms with Crippen molar-refractivity contribution in [1.82, 2.24) is 10.2 Å². The van der Waals surface area contributed by atoms with Crippen molar-refractivity contribution in [3.63, 3.8) is 0 Å². The lowest BCUT2D eigenvalue weighted by Crippen LogP contribution is -2.49. The van der Waals surface area contributed by atoms with Crippen molar-refractivity contribution in [2.45, 2.75) is 76.4 Å². The van der Waals surface area contributed by atoms with E-state index >= 15 is 0 Å². The smallest absolute Gasteiger partial charge is 0.248 e. The van der Waals surface area contributed by atoms with Gasteiger partial charge >= 0.3 is 0 Å². The highest BCUT2D eigenvalue weighted by Crippen LogP contribution is 2.40. The average Bonchev–Trinajstić information content (AvgIpc) is 2.85. The second-order valence-corrected chi connectivity index (χ2v) is 10.3. The van der Waals surface area contributed by atoms with Gasteiger partial charge in [0.1, 0.15) is 5.82 Å². The fraction of sp³-hybridized carbons (Fsp3) is 0.778. The Labute approximate surface area is 211 Å². The van der Waals surface area contributed by atoms with Crippen LogP contribution in [-0.2, 0) is 9.47 Å². The van der Waals surface area contributed by atoms with Crippen molar-refractivity contribution >= 4 is 0 Å². The van der Waals surface area contributed by atoms with Crippen molar-refractivity contribution in [2.24, 2.45) is 11.8 Å². The molecule has 0 bridgehead atoms. The van der Waals surface area contributed by atoms with Crippen molar-refractivity contribution in [2.75, 3.05) is 46.5 Å². The summed E-state index contributed by atoms with van der Waals surface area (Å²) in [7, 11) is 1.87. The predicted octanol–water partition coefficient (Wildman–Crippen LogP) is 6.10. The van der Waals surface area contributed by atoms with E-state index in [0.717, 1.165) is 31.9 Å². The summed E-state index contributed by atoms with van der Waals surface area (Å²) in [5.41, 5.74) is -0.0876. The molecule has 1 N–H and O–H groups in total. The Kier molecular flexibility index (Phi) is 11.4. The molecule has 0 aromatic heterocycles. The summed E-state index contributed by atoms with van der Waals surface area (Å²) in [4.78, 5) is 2.32. The van der Waals surface area contributed by atoms with E-state index in [-0.39, 0.29) is 42.9 Å². The molecule has 0 amide bonds. The van der Waals surface area contributed by atoms with Gasteiger partial charge < -0.3 is 14.8 Å². The lowest BCUT2D eigenvalue weighted by molar-refractivity contribution is -0.0530. The van der Waals surface area contributed by atoms with Crippen LogP contribution in [0.3, 0.4) is 0 Å². The number of ether oxygens (including phenoxy) is 2. The number of hydrogen-bond acceptors (Lipinski definition) is 4. The summed E-state index contributed by atoms with van der Waals surface area (Å²) in [6.07, 6.45) is 3.11. The average molecular weight is 521 g/mol. The van der Waals surface area contributed by atoms with Crippen LogP contribution in [0.1, 0.15) is 70.0 Å². The molecule has 206 valence electrons. The number of likely N-dealkylation sites (N-methyl/N-ethyl adjacent to an activating group) is 1. The van der Waals surface area contributed by atoms with E-state index in [9.17, 15) is 22.0 Å². The van der Waals surface area contributed by atoms with Gasteiger partial charge in [-0.15, -0.1) is 0 Å². The minimum atomic E-state index is -2.55. The van der Waals surface area contributed by atoms with Crippen LogP contribution < -0.4 is 5.32 Å². The first-order valence-corrected chi connectivity index (χ1v) is 13.3. The maximum atomic E-state index is 14.8. The molecule has 1 unspecified atom stereocenters.